The molecule has 2 saturated heterocycles. The van der Waals surface area contributed by atoms with Crippen molar-refractivity contribution in [2.45, 2.75) is 38.9 Å². The van der Waals surface area contributed by atoms with Crippen molar-refractivity contribution in [3.8, 4) is 0 Å². The van der Waals surface area contributed by atoms with Gasteiger partial charge in [-0.15, -0.1) is 0 Å². The molecule has 1 amide bonds. The zero-order valence-corrected chi connectivity index (χ0v) is 9.66. The molecule has 4 nitrogen and oxygen atoms in total. The quantitative estimate of drug-likeness (QED) is 0.614. The van der Waals surface area contributed by atoms with Crippen LogP contribution in [0.15, 0.2) is 0 Å². The summed E-state index contributed by atoms with van der Waals surface area (Å²) < 4.78 is 10.9. The lowest BCUT2D eigenvalue weighted by Gasteiger charge is -2.24. The number of nitrogens with zero attached hydrogens (tertiary/aromatic N) is 1. The SMILES string of the molecule is CC(C)(C)OC(=O)N1CC2CCOC2C1. The van der Waals surface area contributed by atoms with E-state index in [2.05, 4.69) is 0 Å². The first-order valence-electron chi connectivity index (χ1n) is 5.55. The maximum absolute atomic E-state index is 11.7. The first-order valence-corrected chi connectivity index (χ1v) is 5.55. The number of fused-ring (bicyclic) bond motifs is 1. The van der Waals surface area contributed by atoms with E-state index in [1.807, 2.05) is 20.8 Å². The van der Waals surface area contributed by atoms with Crippen LogP contribution in [-0.4, -0.2) is 42.4 Å². The van der Waals surface area contributed by atoms with Gasteiger partial charge in [-0.05, 0) is 27.2 Å². The van der Waals surface area contributed by atoms with E-state index in [0.29, 0.717) is 12.5 Å². The summed E-state index contributed by atoms with van der Waals surface area (Å²) in [5, 5.41) is 0. The van der Waals surface area contributed by atoms with Gasteiger partial charge >= 0.3 is 6.09 Å². The van der Waals surface area contributed by atoms with E-state index in [9.17, 15) is 4.79 Å². The molecule has 86 valence electrons. The fraction of sp³-hybridized carbons (Fsp3) is 0.909. The fourth-order valence-corrected chi connectivity index (χ4v) is 2.15. The third-order valence-corrected chi connectivity index (χ3v) is 2.85. The monoisotopic (exact) mass is 213 g/mol. The van der Waals surface area contributed by atoms with Gasteiger partial charge in [0.05, 0.1) is 12.6 Å². The largest absolute Gasteiger partial charge is 0.444 e. The molecule has 2 aliphatic heterocycles. The van der Waals surface area contributed by atoms with Gasteiger partial charge in [-0.3, -0.25) is 0 Å². The molecule has 0 saturated carbocycles. The van der Waals surface area contributed by atoms with Crippen LogP contribution in [0, 0.1) is 5.92 Å². The van der Waals surface area contributed by atoms with Crippen LogP contribution in [0.3, 0.4) is 0 Å². The van der Waals surface area contributed by atoms with Gasteiger partial charge in [-0.1, -0.05) is 0 Å². The van der Waals surface area contributed by atoms with Crippen molar-refractivity contribution in [1.29, 1.82) is 0 Å². The van der Waals surface area contributed by atoms with Crippen molar-refractivity contribution < 1.29 is 14.3 Å². The summed E-state index contributed by atoms with van der Waals surface area (Å²) >= 11 is 0. The van der Waals surface area contributed by atoms with Gasteiger partial charge in [-0.2, -0.15) is 0 Å². The van der Waals surface area contributed by atoms with Gasteiger partial charge < -0.3 is 14.4 Å². The lowest BCUT2D eigenvalue weighted by atomic mass is 10.1. The van der Waals surface area contributed by atoms with E-state index >= 15 is 0 Å². The van der Waals surface area contributed by atoms with Gasteiger partial charge in [0, 0.05) is 19.1 Å². The second-order valence-electron chi connectivity index (χ2n) is 5.34. The normalized spacial score (nSPS) is 30.5. The van der Waals surface area contributed by atoms with Crippen LogP contribution < -0.4 is 0 Å². The highest BCUT2D eigenvalue weighted by Gasteiger charge is 2.40. The molecule has 2 fully saturated rings. The summed E-state index contributed by atoms with van der Waals surface area (Å²) in [5.41, 5.74) is -0.407. The molecule has 2 heterocycles. The Balaban J connectivity index is 1.88. The molecule has 0 aromatic carbocycles. The molecular weight excluding hydrogens is 194 g/mol. The molecule has 0 N–H and O–H groups in total. The summed E-state index contributed by atoms with van der Waals surface area (Å²) in [7, 11) is 0. The predicted molar refractivity (Wildman–Crippen MR) is 55.7 cm³/mol. The van der Waals surface area contributed by atoms with Gasteiger partial charge in [0.1, 0.15) is 5.60 Å². The number of likely N-dealkylation sites (tertiary alicyclic amines) is 1. The summed E-state index contributed by atoms with van der Waals surface area (Å²) in [6, 6.07) is 0. The average molecular weight is 213 g/mol. The third-order valence-electron chi connectivity index (χ3n) is 2.85. The zero-order valence-electron chi connectivity index (χ0n) is 9.66. The summed E-state index contributed by atoms with van der Waals surface area (Å²) in [5.74, 6) is 0.525. The Morgan fingerprint density at radius 1 is 1.40 bits per heavy atom. The lowest BCUT2D eigenvalue weighted by Crippen LogP contribution is -2.36. The highest BCUT2D eigenvalue weighted by atomic mass is 16.6. The minimum atomic E-state index is -0.407. The first kappa shape index (κ1) is 10.7. The summed E-state index contributed by atoms with van der Waals surface area (Å²) in [6.45, 7) is 7.99. The predicted octanol–water partition coefficient (Wildman–Crippen LogP) is 1.64. The van der Waals surface area contributed by atoms with Gasteiger partial charge in [-0.25, -0.2) is 4.79 Å². The van der Waals surface area contributed by atoms with Crippen LogP contribution in [0.5, 0.6) is 0 Å². The Morgan fingerprint density at radius 2 is 2.13 bits per heavy atom. The van der Waals surface area contributed by atoms with E-state index < -0.39 is 5.60 Å². The molecule has 2 rings (SSSR count). The molecule has 2 unspecified atom stereocenters. The molecule has 2 atom stereocenters. The van der Waals surface area contributed by atoms with Crippen LogP contribution in [-0.2, 0) is 9.47 Å². The number of hydrogen-bond acceptors (Lipinski definition) is 3. The van der Waals surface area contributed by atoms with E-state index in [-0.39, 0.29) is 12.2 Å². The Morgan fingerprint density at radius 3 is 2.73 bits per heavy atom. The number of carbonyl (C=O) groups excluding carboxylic acids is 1. The molecule has 0 spiro atoms. The van der Waals surface area contributed by atoms with Crippen LogP contribution in [0.1, 0.15) is 27.2 Å². The number of carbonyl (C=O) groups is 1. The first-order chi connectivity index (χ1) is 6.96. The molecule has 2 aliphatic rings. The molecule has 0 radical (unpaired) electrons. The van der Waals surface area contributed by atoms with Crippen LogP contribution in [0.25, 0.3) is 0 Å². The minimum Gasteiger partial charge on any atom is -0.444 e. The van der Waals surface area contributed by atoms with Crippen molar-refractivity contribution in [3.05, 3.63) is 0 Å². The molecule has 0 aromatic rings. The highest BCUT2D eigenvalue weighted by molar-refractivity contribution is 5.68. The molecule has 0 aromatic heterocycles. The maximum Gasteiger partial charge on any atom is 0.410 e. The van der Waals surface area contributed by atoms with Crippen molar-refractivity contribution in [1.82, 2.24) is 4.90 Å². The fourth-order valence-electron chi connectivity index (χ4n) is 2.15. The van der Waals surface area contributed by atoms with Gasteiger partial charge in [0.25, 0.3) is 0 Å². The Labute approximate surface area is 90.5 Å². The molecule has 15 heavy (non-hydrogen) atoms. The minimum absolute atomic E-state index is 0.208. The third kappa shape index (κ3) is 2.43. The highest BCUT2D eigenvalue weighted by Crippen LogP contribution is 2.29. The number of amides is 1. The molecule has 0 aliphatic carbocycles. The van der Waals surface area contributed by atoms with E-state index in [4.69, 9.17) is 9.47 Å². The smallest absolute Gasteiger partial charge is 0.410 e. The van der Waals surface area contributed by atoms with Crippen LogP contribution in [0.2, 0.25) is 0 Å². The maximum atomic E-state index is 11.7. The Kier molecular flexibility index (Phi) is 2.63. The lowest BCUT2D eigenvalue weighted by molar-refractivity contribution is 0.0234. The molecule has 0 bridgehead atoms. The van der Waals surface area contributed by atoms with Crippen LogP contribution in [0.4, 0.5) is 4.79 Å². The van der Waals surface area contributed by atoms with E-state index in [1.165, 1.54) is 0 Å². The number of hydrogen-bond donors (Lipinski definition) is 0. The number of rotatable bonds is 0. The van der Waals surface area contributed by atoms with Crippen molar-refractivity contribution >= 4 is 6.09 Å². The summed E-state index contributed by atoms with van der Waals surface area (Å²) in [6.07, 6.45) is 1.11. The van der Waals surface area contributed by atoms with Gasteiger partial charge in [0.2, 0.25) is 0 Å². The standard InChI is InChI=1S/C11H19NO3/c1-11(2,3)15-10(13)12-6-8-4-5-14-9(8)7-12/h8-9H,4-7H2,1-3H3. The molecule has 4 heteroatoms. The average Bonchev–Trinajstić information content (AvgIpc) is 2.56. The van der Waals surface area contributed by atoms with Crippen molar-refractivity contribution in [2.24, 2.45) is 5.92 Å². The second kappa shape index (κ2) is 3.67. The Bertz CT molecular complexity index is 247. The topological polar surface area (TPSA) is 38.8 Å². The van der Waals surface area contributed by atoms with Crippen molar-refractivity contribution in [3.63, 3.8) is 0 Å². The number of ether oxygens (including phenoxy) is 2. The second-order valence-corrected chi connectivity index (χ2v) is 5.34. The Hall–Kier alpha value is -0.770. The zero-order chi connectivity index (χ0) is 11.1. The van der Waals surface area contributed by atoms with Crippen molar-refractivity contribution in [2.75, 3.05) is 19.7 Å². The summed E-state index contributed by atoms with van der Waals surface area (Å²) in [4.78, 5) is 13.5. The van der Waals surface area contributed by atoms with E-state index in [1.54, 1.807) is 4.90 Å². The van der Waals surface area contributed by atoms with E-state index in [0.717, 1.165) is 19.6 Å². The van der Waals surface area contributed by atoms with Gasteiger partial charge in [0.15, 0.2) is 0 Å². The van der Waals surface area contributed by atoms with Crippen LogP contribution >= 0.6 is 0 Å². The molecular formula is C11H19NO3.